The second-order valence-electron chi connectivity index (χ2n) is 6.17. The van der Waals surface area contributed by atoms with Crippen molar-refractivity contribution in [1.82, 2.24) is 20.1 Å². The van der Waals surface area contributed by atoms with E-state index in [4.69, 9.17) is 4.74 Å². The number of piperidine rings is 1. The van der Waals surface area contributed by atoms with E-state index in [0.717, 1.165) is 48.9 Å². The van der Waals surface area contributed by atoms with Gasteiger partial charge in [-0.2, -0.15) is 5.10 Å². The largest absolute Gasteiger partial charge is 0.497 e. The number of aliphatic hydroxyl groups excluding tert-OH is 1. The standard InChI is InChI=1S/C17H24N4O2/c1-12-18-17(20-19-12)14-6-4-8-21(10-14)11-16(22)13-5-3-7-15(9-13)23-2/h3,5,7,9,14,16,22H,4,6,8,10-11H2,1-2H3,(H,18,19,20). The van der Waals surface area contributed by atoms with Crippen LogP contribution >= 0.6 is 0 Å². The number of aromatic nitrogens is 3. The predicted octanol–water partition coefficient (Wildman–Crippen LogP) is 2.03. The Hall–Kier alpha value is -1.92. The molecule has 6 heteroatoms. The molecule has 0 radical (unpaired) electrons. The average Bonchev–Trinajstić information content (AvgIpc) is 3.02. The minimum Gasteiger partial charge on any atom is -0.497 e. The van der Waals surface area contributed by atoms with Gasteiger partial charge in [0.1, 0.15) is 11.6 Å². The highest BCUT2D eigenvalue weighted by atomic mass is 16.5. The van der Waals surface area contributed by atoms with Crippen molar-refractivity contribution in [3.05, 3.63) is 41.5 Å². The van der Waals surface area contributed by atoms with Crippen molar-refractivity contribution >= 4 is 0 Å². The van der Waals surface area contributed by atoms with Crippen LogP contribution in [0, 0.1) is 6.92 Å². The first kappa shape index (κ1) is 16.0. The van der Waals surface area contributed by atoms with E-state index in [1.54, 1.807) is 7.11 Å². The van der Waals surface area contributed by atoms with E-state index in [0.29, 0.717) is 12.5 Å². The number of ether oxygens (including phenoxy) is 1. The van der Waals surface area contributed by atoms with Crippen molar-refractivity contribution in [1.29, 1.82) is 0 Å². The van der Waals surface area contributed by atoms with Crippen molar-refractivity contribution in [2.75, 3.05) is 26.7 Å². The van der Waals surface area contributed by atoms with Crippen LogP contribution < -0.4 is 4.74 Å². The number of methoxy groups -OCH3 is 1. The van der Waals surface area contributed by atoms with Gasteiger partial charge in [0.2, 0.25) is 0 Å². The minimum absolute atomic E-state index is 0.339. The molecule has 0 bridgehead atoms. The lowest BCUT2D eigenvalue weighted by atomic mass is 9.96. The number of aliphatic hydroxyl groups is 1. The Balaban J connectivity index is 1.62. The summed E-state index contributed by atoms with van der Waals surface area (Å²) in [5.41, 5.74) is 0.889. The number of benzene rings is 1. The van der Waals surface area contributed by atoms with E-state index in [-0.39, 0.29) is 0 Å². The molecule has 2 atom stereocenters. The third kappa shape index (κ3) is 3.89. The average molecular weight is 316 g/mol. The maximum atomic E-state index is 10.5. The second kappa shape index (κ2) is 7.10. The summed E-state index contributed by atoms with van der Waals surface area (Å²) in [6.07, 6.45) is 1.68. The molecule has 0 saturated carbocycles. The summed E-state index contributed by atoms with van der Waals surface area (Å²) in [6, 6.07) is 7.63. The lowest BCUT2D eigenvalue weighted by Gasteiger charge is -2.32. The molecule has 2 aromatic rings. The molecule has 0 aliphatic carbocycles. The van der Waals surface area contributed by atoms with Gasteiger partial charge in [-0.05, 0) is 44.0 Å². The number of rotatable bonds is 5. The molecule has 0 spiro atoms. The van der Waals surface area contributed by atoms with Crippen LogP contribution in [0.5, 0.6) is 5.75 Å². The predicted molar refractivity (Wildman–Crippen MR) is 87.5 cm³/mol. The summed E-state index contributed by atoms with van der Waals surface area (Å²) in [5.74, 6) is 2.86. The Kier molecular flexibility index (Phi) is 4.93. The first-order valence-electron chi connectivity index (χ1n) is 8.09. The fourth-order valence-electron chi connectivity index (χ4n) is 3.17. The van der Waals surface area contributed by atoms with Crippen LogP contribution in [0.1, 0.15) is 42.1 Å². The van der Waals surface area contributed by atoms with Gasteiger partial charge in [-0.1, -0.05) is 12.1 Å². The Labute approximate surface area is 136 Å². The molecule has 124 valence electrons. The number of H-pyrrole nitrogens is 1. The Morgan fingerprint density at radius 2 is 2.35 bits per heavy atom. The number of nitrogens with one attached hydrogen (secondary N) is 1. The van der Waals surface area contributed by atoms with Gasteiger partial charge < -0.3 is 9.84 Å². The molecule has 2 unspecified atom stereocenters. The number of β-amino-alcohol motifs (C(OH)–C–C–N with tert-alkyl or cyclic N) is 1. The highest BCUT2D eigenvalue weighted by Crippen LogP contribution is 2.26. The van der Waals surface area contributed by atoms with Crippen LogP contribution in [0.15, 0.2) is 24.3 Å². The summed E-state index contributed by atoms with van der Waals surface area (Å²) in [7, 11) is 1.64. The Morgan fingerprint density at radius 1 is 1.48 bits per heavy atom. The van der Waals surface area contributed by atoms with Crippen molar-refractivity contribution in [3.63, 3.8) is 0 Å². The molecule has 0 amide bonds. The molecular weight excluding hydrogens is 292 g/mol. The first-order valence-corrected chi connectivity index (χ1v) is 8.09. The maximum Gasteiger partial charge on any atom is 0.155 e. The molecule has 2 heterocycles. The number of hydrogen-bond donors (Lipinski definition) is 2. The molecule has 1 saturated heterocycles. The van der Waals surface area contributed by atoms with Crippen LogP contribution in [-0.2, 0) is 0 Å². The Morgan fingerprint density at radius 3 is 3.09 bits per heavy atom. The third-order valence-corrected chi connectivity index (χ3v) is 4.39. The summed E-state index contributed by atoms with van der Waals surface area (Å²) in [4.78, 5) is 6.75. The molecule has 6 nitrogen and oxygen atoms in total. The maximum absolute atomic E-state index is 10.5. The van der Waals surface area contributed by atoms with Crippen molar-refractivity contribution in [2.24, 2.45) is 0 Å². The first-order chi connectivity index (χ1) is 11.2. The molecule has 1 fully saturated rings. The molecular formula is C17H24N4O2. The van der Waals surface area contributed by atoms with Crippen LogP contribution in [0.4, 0.5) is 0 Å². The van der Waals surface area contributed by atoms with E-state index < -0.39 is 6.10 Å². The van der Waals surface area contributed by atoms with Crippen LogP contribution in [0.2, 0.25) is 0 Å². The van der Waals surface area contributed by atoms with Gasteiger partial charge in [-0.15, -0.1) is 0 Å². The quantitative estimate of drug-likeness (QED) is 0.883. The second-order valence-corrected chi connectivity index (χ2v) is 6.17. The van der Waals surface area contributed by atoms with Gasteiger partial charge in [-0.25, -0.2) is 4.98 Å². The summed E-state index contributed by atoms with van der Waals surface area (Å²) in [5, 5.41) is 17.7. The molecule has 1 aromatic heterocycles. The molecule has 3 rings (SSSR count). The molecule has 2 N–H and O–H groups in total. The smallest absolute Gasteiger partial charge is 0.155 e. The fourth-order valence-corrected chi connectivity index (χ4v) is 3.17. The lowest BCUT2D eigenvalue weighted by Crippen LogP contribution is -2.37. The molecule has 1 aromatic carbocycles. The van der Waals surface area contributed by atoms with Gasteiger partial charge in [0, 0.05) is 19.0 Å². The van der Waals surface area contributed by atoms with E-state index in [1.165, 1.54) is 0 Å². The number of likely N-dealkylation sites (tertiary alicyclic amines) is 1. The highest BCUT2D eigenvalue weighted by Gasteiger charge is 2.25. The molecule has 23 heavy (non-hydrogen) atoms. The van der Waals surface area contributed by atoms with Crippen LogP contribution in [0.25, 0.3) is 0 Å². The monoisotopic (exact) mass is 316 g/mol. The van der Waals surface area contributed by atoms with Gasteiger partial charge in [0.25, 0.3) is 0 Å². The van der Waals surface area contributed by atoms with Crippen LogP contribution in [0.3, 0.4) is 0 Å². The lowest BCUT2D eigenvalue weighted by molar-refractivity contribution is 0.0944. The van der Waals surface area contributed by atoms with E-state index >= 15 is 0 Å². The van der Waals surface area contributed by atoms with Gasteiger partial charge in [-0.3, -0.25) is 10.00 Å². The zero-order valence-electron chi connectivity index (χ0n) is 13.7. The van der Waals surface area contributed by atoms with E-state index in [1.807, 2.05) is 31.2 Å². The fraction of sp³-hybridized carbons (Fsp3) is 0.529. The number of aromatic amines is 1. The van der Waals surface area contributed by atoms with Crippen molar-refractivity contribution in [2.45, 2.75) is 31.8 Å². The summed E-state index contributed by atoms with van der Waals surface area (Å²) >= 11 is 0. The summed E-state index contributed by atoms with van der Waals surface area (Å²) in [6.45, 7) is 4.43. The zero-order valence-corrected chi connectivity index (χ0v) is 13.7. The van der Waals surface area contributed by atoms with Crippen LogP contribution in [-0.4, -0.2) is 51.9 Å². The highest BCUT2D eigenvalue weighted by molar-refractivity contribution is 5.30. The topological polar surface area (TPSA) is 74.3 Å². The number of aryl methyl sites for hydroxylation is 1. The van der Waals surface area contributed by atoms with E-state index in [2.05, 4.69) is 20.1 Å². The Bertz CT molecular complexity index is 643. The molecule has 1 aliphatic heterocycles. The number of hydrogen-bond acceptors (Lipinski definition) is 5. The van der Waals surface area contributed by atoms with Gasteiger partial charge in [0.15, 0.2) is 5.82 Å². The molecule has 1 aliphatic rings. The van der Waals surface area contributed by atoms with Gasteiger partial charge in [0.05, 0.1) is 13.2 Å². The van der Waals surface area contributed by atoms with E-state index in [9.17, 15) is 5.11 Å². The van der Waals surface area contributed by atoms with Gasteiger partial charge >= 0.3 is 0 Å². The van der Waals surface area contributed by atoms with Crippen molar-refractivity contribution < 1.29 is 9.84 Å². The zero-order chi connectivity index (χ0) is 16.2. The normalized spacial score (nSPS) is 20.4. The van der Waals surface area contributed by atoms with Crippen molar-refractivity contribution in [3.8, 4) is 5.75 Å². The number of nitrogens with zero attached hydrogens (tertiary/aromatic N) is 3. The minimum atomic E-state index is -0.516. The SMILES string of the molecule is COc1cccc(C(O)CN2CCCC(c3n[nH]c(C)n3)C2)c1. The summed E-state index contributed by atoms with van der Waals surface area (Å²) < 4.78 is 5.23. The third-order valence-electron chi connectivity index (χ3n) is 4.39.